The Morgan fingerprint density at radius 2 is 2.00 bits per heavy atom. The second-order valence-corrected chi connectivity index (χ2v) is 4.05. The summed E-state index contributed by atoms with van der Waals surface area (Å²) in [4.78, 5) is 10.9. The van der Waals surface area contributed by atoms with Gasteiger partial charge in [0, 0.05) is 5.56 Å². The van der Waals surface area contributed by atoms with Gasteiger partial charge in [-0.1, -0.05) is 5.16 Å². The second kappa shape index (κ2) is 4.05. The number of carbonyl (C=O) groups is 1. The number of phenolic OH excluding ortho intramolecular Hbond substituents is 1. The van der Waals surface area contributed by atoms with E-state index in [9.17, 15) is 9.90 Å². The van der Waals surface area contributed by atoms with Crippen molar-refractivity contribution in [1.82, 2.24) is 5.16 Å². The third-order valence-electron chi connectivity index (χ3n) is 2.78. The molecule has 0 spiro atoms. The van der Waals surface area contributed by atoms with Gasteiger partial charge < -0.3 is 9.63 Å². The minimum Gasteiger partial charge on any atom is -0.507 e. The van der Waals surface area contributed by atoms with E-state index < -0.39 is 0 Å². The van der Waals surface area contributed by atoms with Gasteiger partial charge in [-0.15, -0.1) is 0 Å². The first-order chi connectivity index (χ1) is 8.04. The summed E-state index contributed by atoms with van der Waals surface area (Å²) in [6, 6.07) is 3.46. The van der Waals surface area contributed by atoms with Crippen LogP contribution in [0.15, 0.2) is 16.7 Å². The number of hydrogen-bond donors (Lipinski definition) is 1. The van der Waals surface area contributed by atoms with Crippen LogP contribution in [0.1, 0.15) is 27.4 Å². The molecule has 88 valence electrons. The number of aromatic nitrogens is 1. The zero-order valence-corrected chi connectivity index (χ0v) is 9.94. The van der Waals surface area contributed by atoms with E-state index >= 15 is 0 Å². The topological polar surface area (TPSA) is 63.3 Å². The molecule has 1 heterocycles. The maximum Gasteiger partial charge on any atom is 0.153 e. The highest BCUT2D eigenvalue weighted by Crippen LogP contribution is 2.32. The number of benzene rings is 1. The Morgan fingerprint density at radius 3 is 2.53 bits per heavy atom. The number of nitrogens with zero attached hydrogens (tertiary/aromatic N) is 1. The molecule has 0 radical (unpaired) electrons. The highest BCUT2D eigenvalue weighted by molar-refractivity contribution is 5.84. The lowest BCUT2D eigenvalue weighted by atomic mass is 9.98. The molecule has 1 aromatic carbocycles. The van der Waals surface area contributed by atoms with Crippen molar-refractivity contribution in [2.45, 2.75) is 20.8 Å². The van der Waals surface area contributed by atoms with Crippen molar-refractivity contribution in [3.8, 4) is 16.9 Å². The first kappa shape index (κ1) is 11.4. The largest absolute Gasteiger partial charge is 0.507 e. The summed E-state index contributed by atoms with van der Waals surface area (Å²) in [5, 5.41) is 13.6. The average Bonchev–Trinajstić information content (AvgIpc) is 2.62. The molecule has 0 saturated heterocycles. The molecule has 4 nitrogen and oxygen atoms in total. The van der Waals surface area contributed by atoms with Gasteiger partial charge in [0.2, 0.25) is 0 Å². The number of aryl methyl sites for hydroxylation is 3. The summed E-state index contributed by atoms with van der Waals surface area (Å²) in [6.45, 7) is 5.41. The van der Waals surface area contributed by atoms with Gasteiger partial charge in [0.1, 0.15) is 11.5 Å². The van der Waals surface area contributed by atoms with Gasteiger partial charge in [-0.25, -0.2) is 0 Å². The lowest BCUT2D eigenvalue weighted by molar-refractivity contribution is 0.112. The summed E-state index contributed by atoms with van der Waals surface area (Å²) >= 11 is 0. The van der Waals surface area contributed by atoms with Crippen LogP contribution >= 0.6 is 0 Å². The minimum atomic E-state index is 0.0236. The third kappa shape index (κ3) is 1.82. The number of carbonyl (C=O) groups excluding carboxylic acids is 1. The molecule has 2 rings (SSSR count). The summed E-state index contributed by atoms with van der Waals surface area (Å²) in [6.07, 6.45) is 0.643. The van der Waals surface area contributed by atoms with Crippen molar-refractivity contribution < 1.29 is 14.4 Å². The molecule has 1 aromatic heterocycles. The van der Waals surface area contributed by atoms with Gasteiger partial charge in [0.25, 0.3) is 0 Å². The van der Waals surface area contributed by atoms with E-state index in [1.165, 1.54) is 0 Å². The highest BCUT2D eigenvalue weighted by atomic mass is 16.5. The van der Waals surface area contributed by atoms with Crippen molar-refractivity contribution in [3.63, 3.8) is 0 Å². The molecule has 0 bridgehead atoms. The van der Waals surface area contributed by atoms with E-state index in [2.05, 4.69) is 5.16 Å². The summed E-state index contributed by atoms with van der Waals surface area (Å²) < 4.78 is 5.09. The Kier molecular flexibility index (Phi) is 2.71. The number of hydrogen-bond acceptors (Lipinski definition) is 4. The molecule has 0 aliphatic carbocycles. The van der Waals surface area contributed by atoms with Crippen LogP contribution in [0.4, 0.5) is 0 Å². The van der Waals surface area contributed by atoms with Crippen LogP contribution in [-0.4, -0.2) is 16.5 Å². The molecule has 0 unspecified atom stereocenters. The lowest BCUT2D eigenvalue weighted by Gasteiger charge is -2.06. The molecule has 2 aromatic rings. The SMILES string of the molecule is Cc1cc(-c2c(C)noc2C)cc(C=O)c1O. The van der Waals surface area contributed by atoms with Crippen LogP contribution in [0, 0.1) is 20.8 Å². The second-order valence-electron chi connectivity index (χ2n) is 4.05. The fraction of sp³-hybridized carbons (Fsp3) is 0.231. The molecule has 4 heteroatoms. The van der Waals surface area contributed by atoms with Gasteiger partial charge >= 0.3 is 0 Å². The van der Waals surface area contributed by atoms with Crippen molar-refractivity contribution in [3.05, 3.63) is 34.7 Å². The Labute approximate surface area is 98.9 Å². The van der Waals surface area contributed by atoms with Crippen molar-refractivity contribution in [1.29, 1.82) is 0 Å². The molecule has 0 aliphatic heterocycles. The van der Waals surface area contributed by atoms with Crippen LogP contribution < -0.4 is 0 Å². The molecule has 0 atom stereocenters. The summed E-state index contributed by atoms with van der Waals surface area (Å²) in [5.41, 5.74) is 3.41. The van der Waals surface area contributed by atoms with Gasteiger partial charge in [0.05, 0.1) is 11.3 Å². The lowest BCUT2D eigenvalue weighted by Crippen LogP contribution is -1.89. The van der Waals surface area contributed by atoms with E-state index in [1.807, 2.05) is 19.9 Å². The third-order valence-corrected chi connectivity index (χ3v) is 2.78. The minimum absolute atomic E-state index is 0.0236. The maximum absolute atomic E-state index is 10.9. The first-order valence-electron chi connectivity index (χ1n) is 5.26. The van der Waals surface area contributed by atoms with Crippen LogP contribution in [-0.2, 0) is 0 Å². The Morgan fingerprint density at radius 1 is 1.29 bits per heavy atom. The predicted molar refractivity (Wildman–Crippen MR) is 63.2 cm³/mol. The van der Waals surface area contributed by atoms with E-state index in [0.29, 0.717) is 17.6 Å². The summed E-state index contributed by atoms with van der Waals surface area (Å²) in [7, 11) is 0. The van der Waals surface area contributed by atoms with Gasteiger partial charge in [0.15, 0.2) is 6.29 Å². The van der Waals surface area contributed by atoms with Crippen molar-refractivity contribution >= 4 is 6.29 Å². The van der Waals surface area contributed by atoms with Crippen LogP contribution in [0.3, 0.4) is 0 Å². The van der Waals surface area contributed by atoms with E-state index in [1.54, 1.807) is 13.0 Å². The van der Waals surface area contributed by atoms with E-state index in [-0.39, 0.29) is 11.3 Å². The zero-order chi connectivity index (χ0) is 12.6. The first-order valence-corrected chi connectivity index (χ1v) is 5.26. The van der Waals surface area contributed by atoms with Crippen LogP contribution in [0.2, 0.25) is 0 Å². The van der Waals surface area contributed by atoms with Gasteiger partial charge in [-0.05, 0) is 44.0 Å². The standard InChI is InChI=1S/C13H13NO3/c1-7-4-10(5-11(6-15)13(7)16)12-8(2)14-17-9(12)3/h4-6,16H,1-3H3. The van der Waals surface area contributed by atoms with Crippen LogP contribution in [0.5, 0.6) is 5.75 Å². The molecule has 17 heavy (non-hydrogen) atoms. The van der Waals surface area contributed by atoms with E-state index in [0.717, 1.165) is 16.8 Å². The molecule has 0 aliphatic rings. The smallest absolute Gasteiger partial charge is 0.153 e. The fourth-order valence-corrected chi connectivity index (χ4v) is 1.94. The predicted octanol–water partition coefficient (Wildman–Crippen LogP) is 2.78. The molecule has 0 amide bonds. The normalized spacial score (nSPS) is 10.5. The quantitative estimate of drug-likeness (QED) is 0.807. The Hall–Kier alpha value is -2.10. The summed E-state index contributed by atoms with van der Waals surface area (Å²) in [5.74, 6) is 0.722. The maximum atomic E-state index is 10.9. The Balaban J connectivity index is 2.69. The Bertz CT molecular complexity index is 565. The average molecular weight is 231 g/mol. The van der Waals surface area contributed by atoms with Crippen molar-refractivity contribution in [2.24, 2.45) is 0 Å². The molecule has 1 N–H and O–H groups in total. The van der Waals surface area contributed by atoms with Crippen LogP contribution in [0.25, 0.3) is 11.1 Å². The molecule has 0 fully saturated rings. The zero-order valence-electron chi connectivity index (χ0n) is 9.94. The number of phenols is 1. The monoisotopic (exact) mass is 231 g/mol. The van der Waals surface area contributed by atoms with Crippen molar-refractivity contribution in [2.75, 3.05) is 0 Å². The number of aldehydes is 1. The number of aromatic hydroxyl groups is 1. The molecular weight excluding hydrogens is 218 g/mol. The molecule has 0 saturated carbocycles. The number of rotatable bonds is 2. The molecular formula is C13H13NO3. The van der Waals surface area contributed by atoms with Gasteiger partial charge in [-0.3, -0.25) is 4.79 Å². The van der Waals surface area contributed by atoms with E-state index in [4.69, 9.17) is 4.52 Å². The highest BCUT2D eigenvalue weighted by Gasteiger charge is 2.14. The fourth-order valence-electron chi connectivity index (χ4n) is 1.94. The van der Waals surface area contributed by atoms with Gasteiger partial charge in [-0.2, -0.15) is 0 Å².